The average molecular weight is 215 g/mol. The highest BCUT2D eigenvalue weighted by Crippen LogP contribution is 2.20. The van der Waals surface area contributed by atoms with Gasteiger partial charge in [-0.25, -0.2) is 4.79 Å². The van der Waals surface area contributed by atoms with Crippen LogP contribution in [0.2, 0.25) is 0 Å². The molecule has 1 aliphatic heterocycles. The van der Waals surface area contributed by atoms with Crippen LogP contribution in [0.15, 0.2) is 35.0 Å². The molecule has 0 aliphatic carbocycles. The Kier molecular flexibility index (Phi) is 2.65. The molecule has 58 valence electrons. The Morgan fingerprint density at radius 2 is 2.45 bits per heavy atom. The second-order valence-corrected chi connectivity index (χ2v) is 2.52. The summed E-state index contributed by atoms with van der Waals surface area (Å²) in [6, 6.07) is 0. The van der Waals surface area contributed by atoms with Gasteiger partial charge in [0.2, 0.25) is 0 Å². The Bertz CT molecular complexity index is 251. The number of hydrogen-bond acceptors (Lipinski definition) is 2. The Morgan fingerprint density at radius 3 is 2.91 bits per heavy atom. The van der Waals surface area contributed by atoms with Gasteiger partial charge in [0.05, 0.1) is 0 Å². The Labute approximate surface area is 73.4 Å². The van der Waals surface area contributed by atoms with E-state index in [1.165, 1.54) is 0 Å². The van der Waals surface area contributed by atoms with Crippen molar-refractivity contribution in [3.05, 3.63) is 35.0 Å². The number of carbonyl (C=O) groups is 1. The monoisotopic (exact) mass is 214 g/mol. The number of rotatable bonds is 2. The van der Waals surface area contributed by atoms with Crippen molar-refractivity contribution in [2.24, 2.45) is 0 Å². The molecular formula is C8H7BrO2. The highest BCUT2D eigenvalue weighted by atomic mass is 79.9. The maximum Gasteiger partial charge on any atom is 0.339 e. The summed E-state index contributed by atoms with van der Waals surface area (Å²) in [5, 5.41) is 0. The molecule has 1 heterocycles. The number of ether oxygens (including phenoxy) is 1. The van der Waals surface area contributed by atoms with E-state index in [4.69, 9.17) is 4.74 Å². The maximum atomic E-state index is 10.9. The van der Waals surface area contributed by atoms with Crippen LogP contribution in [-0.4, -0.2) is 5.97 Å². The summed E-state index contributed by atoms with van der Waals surface area (Å²) in [6.45, 7) is 3.53. The summed E-state index contributed by atoms with van der Waals surface area (Å²) in [4.78, 5) is 12.5. The van der Waals surface area contributed by atoms with Crippen LogP contribution in [-0.2, 0) is 9.53 Å². The zero-order chi connectivity index (χ0) is 8.27. The summed E-state index contributed by atoms with van der Waals surface area (Å²) in [7, 11) is 0. The third kappa shape index (κ3) is 1.80. The molecule has 3 heteroatoms. The summed E-state index contributed by atoms with van der Waals surface area (Å²) >= 11 is 3.07. The molecule has 0 aromatic rings. The normalized spacial score (nSPS) is 19.9. The minimum Gasteiger partial charge on any atom is -0.423 e. The fourth-order valence-electron chi connectivity index (χ4n) is 0.784. The zero-order valence-corrected chi connectivity index (χ0v) is 7.43. The lowest BCUT2D eigenvalue weighted by Crippen LogP contribution is -1.97. The van der Waals surface area contributed by atoms with Crippen LogP contribution in [0.5, 0.6) is 0 Å². The molecule has 1 rings (SSSR count). The molecule has 0 fully saturated rings. The number of halogens is 1. The first kappa shape index (κ1) is 8.27. The van der Waals surface area contributed by atoms with Crippen LogP contribution < -0.4 is 0 Å². The highest BCUT2D eigenvalue weighted by Gasteiger charge is 2.18. The maximum absolute atomic E-state index is 10.9. The largest absolute Gasteiger partial charge is 0.423 e. The second-order valence-electron chi connectivity index (χ2n) is 2.06. The second kappa shape index (κ2) is 3.53. The van der Waals surface area contributed by atoms with Crippen LogP contribution in [0.1, 0.15) is 6.42 Å². The third-order valence-corrected chi connectivity index (χ3v) is 1.71. The summed E-state index contributed by atoms with van der Waals surface area (Å²) < 4.78 is 4.81. The molecule has 0 saturated heterocycles. The number of esters is 1. The standard InChI is InChI=1S/C8H7BrO2/c1-2-3-6-4-7(5-9)11-8(6)10/h2,4-5H,1,3H2. The summed E-state index contributed by atoms with van der Waals surface area (Å²) in [6.07, 6.45) is 3.92. The van der Waals surface area contributed by atoms with Crippen molar-refractivity contribution in [2.45, 2.75) is 6.42 Å². The SMILES string of the molecule is C=CCC1=CC(=CBr)OC1=O. The molecule has 1 aliphatic rings. The fraction of sp³-hybridized carbons (Fsp3) is 0.125. The minimum atomic E-state index is -0.282. The minimum absolute atomic E-state index is 0.282. The molecule has 11 heavy (non-hydrogen) atoms. The average Bonchev–Trinajstić information content (AvgIpc) is 2.33. The number of allylic oxidation sites excluding steroid dienone is 2. The van der Waals surface area contributed by atoms with Crippen molar-refractivity contribution in [1.82, 2.24) is 0 Å². The topological polar surface area (TPSA) is 26.3 Å². The Balaban J connectivity index is 2.78. The number of hydrogen-bond donors (Lipinski definition) is 0. The summed E-state index contributed by atoms with van der Waals surface area (Å²) in [5.41, 5.74) is 0.644. The van der Waals surface area contributed by atoms with Crippen LogP contribution in [0.4, 0.5) is 0 Å². The van der Waals surface area contributed by atoms with Crippen molar-refractivity contribution in [3.8, 4) is 0 Å². The van der Waals surface area contributed by atoms with E-state index in [1.54, 1.807) is 17.1 Å². The van der Waals surface area contributed by atoms with E-state index in [2.05, 4.69) is 22.5 Å². The van der Waals surface area contributed by atoms with E-state index in [9.17, 15) is 4.79 Å². The molecule has 0 saturated carbocycles. The number of carbonyl (C=O) groups excluding carboxylic acids is 1. The van der Waals surface area contributed by atoms with Gasteiger partial charge in [-0.3, -0.25) is 0 Å². The smallest absolute Gasteiger partial charge is 0.339 e. The van der Waals surface area contributed by atoms with E-state index in [-0.39, 0.29) is 5.97 Å². The van der Waals surface area contributed by atoms with Crippen LogP contribution in [0.25, 0.3) is 0 Å². The molecule has 0 N–H and O–H groups in total. The van der Waals surface area contributed by atoms with Crippen molar-refractivity contribution >= 4 is 21.9 Å². The molecule has 0 atom stereocenters. The van der Waals surface area contributed by atoms with Gasteiger partial charge in [-0.05, 0) is 12.5 Å². The quantitative estimate of drug-likeness (QED) is 0.521. The molecule has 0 aromatic heterocycles. The Morgan fingerprint density at radius 1 is 1.73 bits per heavy atom. The van der Waals surface area contributed by atoms with E-state index in [0.717, 1.165) is 0 Å². The van der Waals surface area contributed by atoms with Crippen molar-refractivity contribution in [1.29, 1.82) is 0 Å². The lowest BCUT2D eigenvalue weighted by atomic mass is 10.2. The summed E-state index contributed by atoms with van der Waals surface area (Å²) in [5.74, 6) is 0.266. The molecule has 0 amide bonds. The first-order chi connectivity index (χ1) is 5.27. The lowest BCUT2D eigenvalue weighted by molar-refractivity contribution is -0.133. The van der Waals surface area contributed by atoms with E-state index < -0.39 is 0 Å². The van der Waals surface area contributed by atoms with Crippen molar-refractivity contribution < 1.29 is 9.53 Å². The molecule has 0 unspecified atom stereocenters. The van der Waals surface area contributed by atoms with E-state index in [0.29, 0.717) is 17.8 Å². The first-order valence-corrected chi connectivity index (χ1v) is 4.03. The van der Waals surface area contributed by atoms with Crippen molar-refractivity contribution in [2.75, 3.05) is 0 Å². The van der Waals surface area contributed by atoms with Gasteiger partial charge in [0.15, 0.2) is 0 Å². The van der Waals surface area contributed by atoms with E-state index in [1.807, 2.05) is 0 Å². The third-order valence-electron chi connectivity index (χ3n) is 1.26. The molecule has 0 aromatic carbocycles. The predicted molar refractivity (Wildman–Crippen MR) is 46.0 cm³/mol. The number of cyclic esters (lactones) is 1. The van der Waals surface area contributed by atoms with Crippen LogP contribution in [0, 0.1) is 0 Å². The first-order valence-electron chi connectivity index (χ1n) is 3.12. The van der Waals surface area contributed by atoms with Gasteiger partial charge in [-0.1, -0.05) is 22.0 Å². The molecule has 0 bridgehead atoms. The molecule has 0 spiro atoms. The van der Waals surface area contributed by atoms with Gasteiger partial charge >= 0.3 is 5.97 Å². The highest BCUT2D eigenvalue weighted by molar-refractivity contribution is 9.11. The fourth-order valence-corrected chi connectivity index (χ4v) is 1.01. The predicted octanol–water partition coefficient (Wildman–Crippen LogP) is 2.28. The lowest BCUT2D eigenvalue weighted by Gasteiger charge is -1.92. The van der Waals surface area contributed by atoms with Gasteiger partial charge in [-0.2, -0.15) is 0 Å². The van der Waals surface area contributed by atoms with Crippen LogP contribution in [0.3, 0.4) is 0 Å². The Hall–Kier alpha value is -0.830. The van der Waals surface area contributed by atoms with Gasteiger partial charge < -0.3 is 4.74 Å². The van der Waals surface area contributed by atoms with E-state index >= 15 is 0 Å². The van der Waals surface area contributed by atoms with Crippen molar-refractivity contribution in [3.63, 3.8) is 0 Å². The van der Waals surface area contributed by atoms with Crippen LogP contribution >= 0.6 is 15.9 Å². The van der Waals surface area contributed by atoms with Gasteiger partial charge in [0.25, 0.3) is 0 Å². The molecular weight excluding hydrogens is 208 g/mol. The molecule has 0 radical (unpaired) electrons. The van der Waals surface area contributed by atoms with Gasteiger partial charge in [0, 0.05) is 10.6 Å². The zero-order valence-electron chi connectivity index (χ0n) is 5.84. The van der Waals surface area contributed by atoms with Gasteiger partial charge in [0.1, 0.15) is 5.76 Å². The molecule has 2 nitrogen and oxygen atoms in total. The van der Waals surface area contributed by atoms with Gasteiger partial charge in [-0.15, -0.1) is 6.58 Å².